The van der Waals surface area contributed by atoms with Crippen molar-refractivity contribution >= 4 is 25.7 Å². The van der Waals surface area contributed by atoms with Gasteiger partial charge in [0.2, 0.25) is 0 Å². The third-order valence-electron chi connectivity index (χ3n) is 3.89. The second kappa shape index (κ2) is 20.3. The number of carboxylic acids is 1. The molecule has 2 nitrogen and oxygen atoms in total. The fraction of sp³-hybridized carbons (Fsp3) is 0.944. The number of aliphatic carboxylic acids is 1. The molecule has 0 aliphatic heterocycles. The number of hydrogen-bond acceptors (Lipinski definition) is 1. The summed E-state index contributed by atoms with van der Waals surface area (Å²) in [6, 6.07) is 0. The third-order valence-corrected chi connectivity index (χ3v) is 14.4. The summed E-state index contributed by atoms with van der Waals surface area (Å²) in [6.07, 6.45) is 12.2. The molecule has 128 valence electrons. The van der Waals surface area contributed by atoms with Crippen molar-refractivity contribution < 1.29 is 9.90 Å². The molecular formula is C18H40O2Sn. The summed E-state index contributed by atoms with van der Waals surface area (Å²) in [5.74, 6) is -0.682. The Hall–Kier alpha value is 0.269. The average Bonchev–Trinajstić information content (AvgIpc) is 2.47. The van der Waals surface area contributed by atoms with Crippen LogP contribution >= 0.6 is 0 Å². The zero-order chi connectivity index (χ0) is 16.3. The Balaban J connectivity index is 0. The van der Waals surface area contributed by atoms with Crippen LogP contribution in [0, 0.1) is 0 Å². The Kier molecular flexibility index (Phi) is 22.7. The van der Waals surface area contributed by atoms with Gasteiger partial charge in [-0.05, 0) is 6.42 Å². The van der Waals surface area contributed by atoms with Crippen LogP contribution < -0.4 is 0 Å². The summed E-state index contributed by atoms with van der Waals surface area (Å²) >= 11 is -0.967. The van der Waals surface area contributed by atoms with Crippen molar-refractivity contribution in [1.29, 1.82) is 0 Å². The third kappa shape index (κ3) is 22.7. The first-order valence-corrected chi connectivity index (χ1v) is 16.3. The Morgan fingerprint density at radius 2 is 1.10 bits per heavy atom. The summed E-state index contributed by atoms with van der Waals surface area (Å²) in [7, 11) is 0. The average molecular weight is 407 g/mol. The van der Waals surface area contributed by atoms with Crippen LogP contribution in [0.1, 0.15) is 91.9 Å². The first-order chi connectivity index (χ1) is 10.1. The topological polar surface area (TPSA) is 37.3 Å². The van der Waals surface area contributed by atoms with E-state index in [4.69, 9.17) is 5.11 Å². The molecule has 0 radical (unpaired) electrons. The van der Waals surface area contributed by atoms with Crippen LogP contribution in [0.15, 0.2) is 0 Å². The molecule has 0 aromatic heterocycles. The van der Waals surface area contributed by atoms with E-state index in [1.165, 1.54) is 38.5 Å². The van der Waals surface area contributed by atoms with Gasteiger partial charge in [0.25, 0.3) is 0 Å². The summed E-state index contributed by atoms with van der Waals surface area (Å²) in [6.45, 7) is 9.07. The molecule has 0 unspecified atom stereocenters. The maximum absolute atomic E-state index is 9.87. The Bertz CT molecular complexity index is 188. The van der Waals surface area contributed by atoms with Crippen molar-refractivity contribution in [3.63, 3.8) is 0 Å². The van der Waals surface area contributed by atoms with E-state index in [-0.39, 0.29) is 0 Å². The van der Waals surface area contributed by atoms with Crippen molar-refractivity contribution in [1.82, 2.24) is 0 Å². The number of carbonyl (C=O) groups is 1. The summed E-state index contributed by atoms with van der Waals surface area (Å²) < 4.78 is 5.08. The molecule has 0 fully saturated rings. The van der Waals surface area contributed by atoms with Gasteiger partial charge in [-0.25, -0.2) is 0 Å². The quantitative estimate of drug-likeness (QED) is 0.289. The normalized spacial score (nSPS) is 10.3. The zero-order valence-electron chi connectivity index (χ0n) is 15.1. The van der Waals surface area contributed by atoms with E-state index in [1.807, 2.05) is 0 Å². The Labute approximate surface area is 140 Å². The van der Waals surface area contributed by atoms with Gasteiger partial charge in [-0.15, -0.1) is 0 Å². The van der Waals surface area contributed by atoms with Gasteiger partial charge in [0.15, 0.2) is 0 Å². The number of carboxylic acid groups (broad SMARTS) is 1. The van der Waals surface area contributed by atoms with E-state index < -0.39 is 25.7 Å². The van der Waals surface area contributed by atoms with E-state index >= 15 is 0 Å². The first-order valence-electron chi connectivity index (χ1n) is 9.33. The number of hydrogen-bond donors (Lipinski definition) is 1. The van der Waals surface area contributed by atoms with Crippen molar-refractivity contribution in [3.05, 3.63) is 0 Å². The molecule has 0 aliphatic rings. The maximum atomic E-state index is 9.87. The van der Waals surface area contributed by atoms with Gasteiger partial charge >= 0.3 is 98.3 Å². The Morgan fingerprint density at radius 3 is 1.38 bits per heavy atom. The van der Waals surface area contributed by atoms with Crippen LogP contribution in [-0.4, -0.2) is 30.8 Å². The molecule has 0 bridgehead atoms. The van der Waals surface area contributed by atoms with Gasteiger partial charge in [0, 0.05) is 6.42 Å². The van der Waals surface area contributed by atoms with E-state index in [0.29, 0.717) is 6.42 Å². The molecule has 0 aliphatic carbocycles. The summed E-state index contributed by atoms with van der Waals surface area (Å²) in [5, 5.41) is 8.14. The van der Waals surface area contributed by atoms with Crippen LogP contribution in [0.3, 0.4) is 0 Å². The molecule has 1 N–H and O–H groups in total. The van der Waals surface area contributed by atoms with Crippen molar-refractivity contribution in [2.75, 3.05) is 0 Å². The molecule has 21 heavy (non-hydrogen) atoms. The van der Waals surface area contributed by atoms with Crippen LogP contribution in [0.5, 0.6) is 0 Å². The van der Waals surface area contributed by atoms with Crippen molar-refractivity contribution in [2.24, 2.45) is 0 Å². The minimum absolute atomic E-state index is 0.327. The van der Waals surface area contributed by atoms with Gasteiger partial charge < -0.3 is 5.11 Å². The SMILES string of the molecule is CCCCCC(=O)O.CCC[CH2][SnH]([CH2]CCC)[CH2]CCC. The Morgan fingerprint density at radius 1 is 0.714 bits per heavy atom. The predicted octanol–water partition coefficient (Wildman–Crippen LogP) is 6.27. The van der Waals surface area contributed by atoms with E-state index in [9.17, 15) is 4.79 Å². The monoisotopic (exact) mass is 408 g/mol. The second-order valence-electron chi connectivity index (χ2n) is 6.14. The molecule has 3 heteroatoms. The molecule has 0 saturated heterocycles. The van der Waals surface area contributed by atoms with Crippen molar-refractivity contribution in [2.45, 2.75) is 105 Å². The minimum atomic E-state index is -0.967. The first kappa shape index (κ1) is 23.5. The second-order valence-corrected chi connectivity index (χ2v) is 16.0. The van der Waals surface area contributed by atoms with E-state index in [0.717, 1.165) is 19.3 Å². The molecular weight excluding hydrogens is 367 g/mol. The number of rotatable bonds is 13. The van der Waals surface area contributed by atoms with Gasteiger partial charge in [0.1, 0.15) is 0 Å². The van der Waals surface area contributed by atoms with Gasteiger partial charge in [-0.1, -0.05) is 19.8 Å². The van der Waals surface area contributed by atoms with Gasteiger partial charge in [-0.3, -0.25) is 4.79 Å². The fourth-order valence-electron chi connectivity index (χ4n) is 2.44. The molecule has 0 aromatic carbocycles. The fourth-order valence-corrected chi connectivity index (χ4v) is 13.3. The van der Waals surface area contributed by atoms with Crippen LogP contribution in [0.25, 0.3) is 0 Å². The van der Waals surface area contributed by atoms with Crippen molar-refractivity contribution in [3.8, 4) is 0 Å². The van der Waals surface area contributed by atoms with Gasteiger partial charge in [-0.2, -0.15) is 0 Å². The molecule has 0 amide bonds. The number of unbranched alkanes of at least 4 members (excludes halogenated alkanes) is 5. The molecule has 0 heterocycles. The van der Waals surface area contributed by atoms with E-state index in [2.05, 4.69) is 27.7 Å². The molecule has 0 saturated carbocycles. The standard InChI is InChI=1S/C6H12O2.3C4H9.Sn.H/c1-2-3-4-5-6(7)8;3*1-3-4-2;;/h2-5H2,1H3,(H,7,8);3*1,3-4H2,2H3;;. The zero-order valence-corrected chi connectivity index (χ0v) is 18.4. The molecule has 0 atom stereocenters. The molecule has 0 aromatic rings. The summed E-state index contributed by atoms with van der Waals surface area (Å²) in [5.41, 5.74) is 0. The van der Waals surface area contributed by atoms with Crippen LogP contribution in [-0.2, 0) is 4.79 Å². The van der Waals surface area contributed by atoms with Gasteiger partial charge in [0.05, 0.1) is 0 Å². The molecule has 0 spiro atoms. The van der Waals surface area contributed by atoms with Crippen LogP contribution in [0.2, 0.25) is 13.3 Å². The predicted molar refractivity (Wildman–Crippen MR) is 98.1 cm³/mol. The molecule has 0 rings (SSSR count). The van der Waals surface area contributed by atoms with Crippen LogP contribution in [0.4, 0.5) is 0 Å². The summed E-state index contributed by atoms with van der Waals surface area (Å²) in [4.78, 5) is 9.87. The van der Waals surface area contributed by atoms with E-state index in [1.54, 1.807) is 13.3 Å².